The Morgan fingerprint density at radius 1 is 1.14 bits per heavy atom. The Balaban J connectivity index is 1.96. The van der Waals surface area contributed by atoms with Crippen LogP contribution in [0.15, 0.2) is 46.9 Å². The number of hydrogen-bond donors (Lipinski definition) is 1. The maximum atomic E-state index is 12.4. The Hall–Kier alpha value is -2.26. The SMILES string of the molecule is Cc1cccc(NC(=O)c2oc3ccc(Cl)cc3c2C)c1. The molecule has 0 aliphatic carbocycles. The lowest BCUT2D eigenvalue weighted by Crippen LogP contribution is -2.12. The molecule has 21 heavy (non-hydrogen) atoms. The van der Waals surface area contributed by atoms with E-state index in [1.807, 2.05) is 38.1 Å². The van der Waals surface area contributed by atoms with E-state index in [4.69, 9.17) is 16.0 Å². The normalized spacial score (nSPS) is 10.8. The third-order valence-electron chi connectivity index (χ3n) is 3.38. The summed E-state index contributed by atoms with van der Waals surface area (Å²) in [4.78, 5) is 12.4. The first-order valence-corrected chi connectivity index (χ1v) is 6.99. The van der Waals surface area contributed by atoms with Crippen LogP contribution >= 0.6 is 11.6 Å². The number of hydrogen-bond acceptors (Lipinski definition) is 2. The fraction of sp³-hybridized carbons (Fsp3) is 0.118. The van der Waals surface area contributed by atoms with Crippen LogP contribution in [0.3, 0.4) is 0 Å². The van der Waals surface area contributed by atoms with Gasteiger partial charge >= 0.3 is 0 Å². The summed E-state index contributed by atoms with van der Waals surface area (Å²) in [5, 5.41) is 4.33. The van der Waals surface area contributed by atoms with E-state index in [9.17, 15) is 4.79 Å². The first kappa shape index (κ1) is 13.7. The molecule has 0 aliphatic rings. The first-order valence-electron chi connectivity index (χ1n) is 6.61. The highest BCUT2D eigenvalue weighted by Crippen LogP contribution is 2.28. The summed E-state index contributed by atoms with van der Waals surface area (Å²) in [6.45, 7) is 3.83. The molecule has 2 aromatic carbocycles. The van der Waals surface area contributed by atoms with Crippen molar-refractivity contribution in [3.63, 3.8) is 0 Å². The van der Waals surface area contributed by atoms with Gasteiger partial charge in [0.2, 0.25) is 0 Å². The quantitative estimate of drug-likeness (QED) is 0.727. The third kappa shape index (κ3) is 2.65. The highest BCUT2D eigenvalue weighted by Gasteiger charge is 2.18. The van der Waals surface area contributed by atoms with Gasteiger partial charge in [-0.25, -0.2) is 0 Å². The Kier molecular flexibility index (Phi) is 3.43. The predicted octanol–water partition coefficient (Wildman–Crippen LogP) is 4.96. The molecule has 0 unspecified atom stereocenters. The van der Waals surface area contributed by atoms with Crippen LogP contribution < -0.4 is 5.32 Å². The van der Waals surface area contributed by atoms with E-state index in [1.165, 1.54) is 0 Å². The van der Waals surface area contributed by atoms with Gasteiger partial charge in [0.25, 0.3) is 5.91 Å². The van der Waals surface area contributed by atoms with Gasteiger partial charge in [0, 0.05) is 21.7 Å². The zero-order chi connectivity index (χ0) is 15.0. The molecule has 3 rings (SSSR count). The molecule has 0 radical (unpaired) electrons. The van der Waals surface area contributed by atoms with Gasteiger partial charge in [-0.15, -0.1) is 0 Å². The van der Waals surface area contributed by atoms with Crippen molar-refractivity contribution in [2.75, 3.05) is 5.32 Å². The molecule has 4 heteroatoms. The van der Waals surface area contributed by atoms with Gasteiger partial charge in [-0.3, -0.25) is 4.79 Å². The molecule has 0 fully saturated rings. The number of amides is 1. The van der Waals surface area contributed by atoms with Gasteiger partial charge in [-0.2, -0.15) is 0 Å². The third-order valence-corrected chi connectivity index (χ3v) is 3.62. The minimum absolute atomic E-state index is 0.259. The number of nitrogens with one attached hydrogen (secondary N) is 1. The van der Waals surface area contributed by atoms with Gasteiger partial charge in [0.1, 0.15) is 5.58 Å². The molecule has 1 amide bonds. The van der Waals surface area contributed by atoms with Crippen molar-refractivity contribution in [3.8, 4) is 0 Å². The molecule has 0 atom stereocenters. The molecule has 0 aliphatic heterocycles. The van der Waals surface area contributed by atoms with Crippen LogP contribution in [0.25, 0.3) is 11.0 Å². The molecule has 1 aromatic heterocycles. The molecule has 1 N–H and O–H groups in total. The van der Waals surface area contributed by atoms with Gasteiger partial charge in [0.05, 0.1) is 0 Å². The van der Waals surface area contributed by atoms with Gasteiger partial charge in [-0.1, -0.05) is 23.7 Å². The summed E-state index contributed by atoms with van der Waals surface area (Å²) in [6, 6.07) is 13.0. The summed E-state index contributed by atoms with van der Waals surface area (Å²) < 4.78 is 5.65. The van der Waals surface area contributed by atoms with E-state index in [0.29, 0.717) is 16.4 Å². The zero-order valence-corrected chi connectivity index (χ0v) is 12.5. The smallest absolute Gasteiger partial charge is 0.291 e. The lowest BCUT2D eigenvalue weighted by molar-refractivity contribution is 0.0998. The van der Waals surface area contributed by atoms with Crippen molar-refractivity contribution in [1.29, 1.82) is 0 Å². The standard InChI is InChI=1S/C17H14ClNO2/c1-10-4-3-5-13(8-10)19-17(20)16-11(2)14-9-12(18)6-7-15(14)21-16/h3-9H,1-2H3,(H,19,20). The second-order valence-corrected chi connectivity index (χ2v) is 5.46. The Morgan fingerprint density at radius 2 is 1.95 bits per heavy atom. The molecule has 0 saturated heterocycles. The average molecular weight is 300 g/mol. The van der Waals surface area contributed by atoms with E-state index in [1.54, 1.807) is 18.2 Å². The average Bonchev–Trinajstić information content (AvgIpc) is 2.76. The zero-order valence-electron chi connectivity index (χ0n) is 11.7. The summed E-state index contributed by atoms with van der Waals surface area (Å²) >= 11 is 5.98. The van der Waals surface area contributed by atoms with Crippen molar-refractivity contribution in [2.24, 2.45) is 0 Å². The Morgan fingerprint density at radius 3 is 2.71 bits per heavy atom. The second kappa shape index (κ2) is 5.26. The number of anilines is 1. The van der Waals surface area contributed by atoms with E-state index in [2.05, 4.69) is 5.32 Å². The lowest BCUT2D eigenvalue weighted by atomic mass is 10.1. The predicted molar refractivity (Wildman–Crippen MR) is 85.1 cm³/mol. The number of furan rings is 1. The summed E-state index contributed by atoms with van der Waals surface area (Å²) in [5.74, 6) is 0.0548. The van der Waals surface area contributed by atoms with Gasteiger partial charge in [0.15, 0.2) is 5.76 Å². The molecular formula is C17H14ClNO2. The van der Waals surface area contributed by atoms with E-state index < -0.39 is 0 Å². The fourth-order valence-electron chi connectivity index (χ4n) is 2.32. The number of aryl methyl sites for hydroxylation is 2. The number of rotatable bonds is 2. The minimum Gasteiger partial charge on any atom is -0.451 e. The van der Waals surface area contributed by atoms with E-state index in [0.717, 1.165) is 22.2 Å². The maximum absolute atomic E-state index is 12.4. The van der Waals surface area contributed by atoms with Crippen molar-refractivity contribution >= 4 is 34.2 Å². The van der Waals surface area contributed by atoms with Crippen LogP contribution in [0, 0.1) is 13.8 Å². The van der Waals surface area contributed by atoms with Crippen LogP contribution in [0.5, 0.6) is 0 Å². The van der Waals surface area contributed by atoms with Crippen LogP contribution in [-0.2, 0) is 0 Å². The molecule has 0 bridgehead atoms. The minimum atomic E-state index is -0.259. The fourth-order valence-corrected chi connectivity index (χ4v) is 2.49. The summed E-state index contributed by atoms with van der Waals surface area (Å²) in [5.41, 5.74) is 3.28. The van der Waals surface area contributed by atoms with E-state index >= 15 is 0 Å². The molecular weight excluding hydrogens is 286 g/mol. The number of benzene rings is 2. The topological polar surface area (TPSA) is 42.2 Å². The summed E-state index contributed by atoms with van der Waals surface area (Å²) in [7, 11) is 0. The van der Waals surface area contributed by atoms with Crippen LogP contribution in [0.1, 0.15) is 21.7 Å². The number of halogens is 1. The second-order valence-electron chi connectivity index (χ2n) is 5.02. The molecule has 0 saturated carbocycles. The van der Waals surface area contributed by atoms with Gasteiger partial charge in [-0.05, 0) is 49.7 Å². The molecule has 1 heterocycles. The number of carbonyl (C=O) groups is 1. The van der Waals surface area contributed by atoms with Crippen LogP contribution in [-0.4, -0.2) is 5.91 Å². The molecule has 3 aromatic rings. The van der Waals surface area contributed by atoms with Crippen LogP contribution in [0.2, 0.25) is 5.02 Å². The largest absolute Gasteiger partial charge is 0.451 e. The van der Waals surface area contributed by atoms with Crippen LogP contribution in [0.4, 0.5) is 5.69 Å². The summed E-state index contributed by atoms with van der Waals surface area (Å²) in [6.07, 6.45) is 0. The molecule has 0 spiro atoms. The maximum Gasteiger partial charge on any atom is 0.291 e. The Labute approximate surface area is 127 Å². The lowest BCUT2D eigenvalue weighted by Gasteiger charge is -2.04. The number of carbonyl (C=O) groups excluding carboxylic acids is 1. The van der Waals surface area contributed by atoms with E-state index in [-0.39, 0.29) is 5.91 Å². The van der Waals surface area contributed by atoms with Gasteiger partial charge < -0.3 is 9.73 Å². The highest BCUT2D eigenvalue weighted by atomic mass is 35.5. The van der Waals surface area contributed by atoms with Crippen molar-refractivity contribution < 1.29 is 9.21 Å². The Bertz CT molecular complexity index is 836. The first-order chi connectivity index (χ1) is 10.0. The highest BCUT2D eigenvalue weighted by molar-refractivity contribution is 6.31. The molecule has 3 nitrogen and oxygen atoms in total. The van der Waals surface area contributed by atoms with Crippen molar-refractivity contribution in [3.05, 3.63) is 64.4 Å². The molecule has 106 valence electrons. The van der Waals surface area contributed by atoms with Crippen molar-refractivity contribution in [2.45, 2.75) is 13.8 Å². The van der Waals surface area contributed by atoms with Crippen molar-refractivity contribution in [1.82, 2.24) is 0 Å². The monoisotopic (exact) mass is 299 g/mol. The number of fused-ring (bicyclic) bond motifs is 1.